The largest absolute Gasteiger partial charge is 0.312 e. The molecule has 0 amide bonds. The first-order valence-corrected chi connectivity index (χ1v) is 8.23. The van der Waals surface area contributed by atoms with Gasteiger partial charge in [0.2, 0.25) is 0 Å². The highest BCUT2D eigenvalue weighted by Crippen LogP contribution is 2.41. The van der Waals surface area contributed by atoms with E-state index in [9.17, 15) is 0 Å². The summed E-state index contributed by atoms with van der Waals surface area (Å²) in [7, 11) is 2.12. The second-order valence-electron chi connectivity index (χ2n) is 5.95. The van der Waals surface area contributed by atoms with E-state index in [0.29, 0.717) is 6.04 Å². The molecular formula is C16H27NS. The SMILES string of the molecule is CCc1ccc(C(NC)C2CCC(C)C(C)C2)s1. The summed E-state index contributed by atoms with van der Waals surface area (Å²) in [6.45, 7) is 7.08. The molecule has 2 heteroatoms. The van der Waals surface area contributed by atoms with Crippen molar-refractivity contribution in [1.82, 2.24) is 5.32 Å². The van der Waals surface area contributed by atoms with Crippen LogP contribution in [0.4, 0.5) is 0 Å². The fraction of sp³-hybridized carbons (Fsp3) is 0.750. The standard InChI is InChI=1S/C16H27NS/c1-5-14-8-9-15(18-14)16(17-4)13-7-6-11(2)12(3)10-13/h8-9,11-13,16-17H,5-7,10H2,1-4H3. The van der Waals surface area contributed by atoms with Gasteiger partial charge in [-0.1, -0.05) is 27.2 Å². The Balaban J connectivity index is 2.08. The van der Waals surface area contributed by atoms with E-state index in [1.807, 2.05) is 11.3 Å². The van der Waals surface area contributed by atoms with Gasteiger partial charge in [-0.15, -0.1) is 11.3 Å². The minimum atomic E-state index is 0.574. The van der Waals surface area contributed by atoms with Crippen LogP contribution in [0.15, 0.2) is 12.1 Å². The van der Waals surface area contributed by atoms with Crippen molar-refractivity contribution in [3.05, 3.63) is 21.9 Å². The molecule has 1 heterocycles. The monoisotopic (exact) mass is 265 g/mol. The molecule has 0 aromatic carbocycles. The van der Waals surface area contributed by atoms with Crippen LogP contribution in [-0.4, -0.2) is 7.05 Å². The van der Waals surface area contributed by atoms with Crippen LogP contribution < -0.4 is 5.32 Å². The lowest BCUT2D eigenvalue weighted by Crippen LogP contribution is -2.31. The summed E-state index contributed by atoms with van der Waals surface area (Å²) in [6.07, 6.45) is 5.33. The van der Waals surface area contributed by atoms with Crippen molar-refractivity contribution in [2.24, 2.45) is 17.8 Å². The highest BCUT2D eigenvalue weighted by molar-refractivity contribution is 7.12. The Bertz CT molecular complexity index is 371. The van der Waals surface area contributed by atoms with Crippen molar-refractivity contribution in [2.45, 2.75) is 52.5 Å². The lowest BCUT2D eigenvalue weighted by atomic mass is 9.73. The molecule has 4 unspecified atom stereocenters. The quantitative estimate of drug-likeness (QED) is 0.836. The van der Waals surface area contributed by atoms with E-state index >= 15 is 0 Å². The molecule has 0 saturated heterocycles. The van der Waals surface area contributed by atoms with Gasteiger partial charge in [0, 0.05) is 15.8 Å². The molecule has 1 aliphatic rings. The van der Waals surface area contributed by atoms with Crippen molar-refractivity contribution >= 4 is 11.3 Å². The van der Waals surface area contributed by atoms with Gasteiger partial charge in [0.05, 0.1) is 0 Å². The molecule has 102 valence electrons. The first-order valence-electron chi connectivity index (χ1n) is 7.41. The Kier molecular flexibility index (Phi) is 4.85. The average molecular weight is 265 g/mol. The average Bonchev–Trinajstić information content (AvgIpc) is 2.83. The Labute approximate surface area is 116 Å². The Morgan fingerprint density at radius 3 is 2.61 bits per heavy atom. The predicted octanol–water partition coefficient (Wildman–Crippen LogP) is 4.64. The highest BCUT2D eigenvalue weighted by Gasteiger charge is 2.30. The van der Waals surface area contributed by atoms with Crippen molar-refractivity contribution < 1.29 is 0 Å². The maximum atomic E-state index is 3.57. The van der Waals surface area contributed by atoms with Crippen LogP contribution in [0.1, 0.15) is 55.8 Å². The van der Waals surface area contributed by atoms with Crippen molar-refractivity contribution in [2.75, 3.05) is 7.05 Å². The van der Waals surface area contributed by atoms with Crippen LogP contribution in [0.2, 0.25) is 0 Å². The summed E-state index contributed by atoms with van der Waals surface area (Å²) >= 11 is 2.00. The topological polar surface area (TPSA) is 12.0 Å². The molecule has 1 nitrogen and oxygen atoms in total. The first kappa shape index (κ1) is 14.1. The normalized spacial score (nSPS) is 30.3. The summed E-state index contributed by atoms with van der Waals surface area (Å²) in [5, 5.41) is 3.57. The third-order valence-electron chi connectivity index (χ3n) is 4.76. The zero-order valence-electron chi connectivity index (χ0n) is 12.2. The van der Waals surface area contributed by atoms with E-state index in [1.165, 1.54) is 30.6 Å². The maximum absolute atomic E-state index is 3.57. The van der Waals surface area contributed by atoms with E-state index in [4.69, 9.17) is 0 Å². The Hall–Kier alpha value is -0.340. The van der Waals surface area contributed by atoms with Gasteiger partial charge in [0.25, 0.3) is 0 Å². The summed E-state index contributed by atoms with van der Waals surface area (Å²) < 4.78 is 0. The number of aryl methyl sites for hydroxylation is 1. The number of hydrogen-bond acceptors (Lipinski definition) is 2. The van der Waals surface area contributed by atoms with Crippen LogP contribution >= 0.6 is 11.3 Å². The maximum Gasteiger partial charge on any atom is 0.0441 e. The van der Waals surface area contributed by atoms with Gasteiger partial charge in [-0.2, -0.15) is 0 Å². The molecular weight excluding hydrogens is 238 g/mol. The molecule has 1 aromatic rings. The molecule has 0 spiro atoms. The molecule has 0 radical (unpaired) electrons. The van der Waals surface area contributed by atoms with Gasteiger partial charge in [-0.3, -0.25) is 0 Å². The van der Waals surface area contributed by atoms with Crippen LogP contribution in [0.25, 0.3) is 0 Å². The Morgan fingerprint density at radius 2 is 2.06 bits per heavy atom. The molecule has 0 aliphatic heterocycles. The summed E-state index contributed by atoms with van der Waals surface area (Å²) in [6, 6.07) is 5.22. The molecule has 1 fully saturated rings. The van der Waals surface area contributed by atoms with Crippen LogP contribution in [0, 0.1) is 17.8 Å². The zero-order chi connectivity index (χ0) is 13.1. The number of rotatable bonds is 4. The van der Waals surface area contributed by atoms with E-state index in [-0.39, 0.29) is 0 Å². The van der Waals surface area contributed by atoms with Crippen LogP contribution in [-0.2, 0) is 6.42 Å². The van der Waals surface area contributed by atoms with Crippen LogP contribution in [0.5, 0.6) is 0 Å². The van der Waals surface area contributed by atoms with E-state index in [0.717, 1.165) is 17.8 Å². The van der Waals surface area contributed by atoms with Gasteiger partial charge in [-0.25, -0.2) is 0 Å². The van der Waals surface area contributed by atoms with Crippen molar-refractivity contribution in [1.29, 1.82) is 0 Å². The summed E-state index contributed by atoms with van der Waals surface area (Å²) in [5.74, 6) is 2.61. The third kappa shape index (κ3) is 2.97. The molecule has 0 bridgehead atoms. The predicted molar refractivity (Wildman–Crippen MR) is 81.2 cm³/mol. The fourth-order valence-electron chi connectivity index (χ4n) is 3.25. The third-order valence-corrected chi connectivity index (χ3v) is 6.07. The number of nitrogens with one attached hydrogen (secondary N) is 1. The summed E-state index contributed by atoms with van der Waals surface area (Å²) in [5.41, 5.74) is 0. The second-order valence-corrected chi connectivity index (χ2v) is 7.15. The molecule has 1 aliphatic carbocycles. The van der Waals surface area contributed by atoms with E-state index in [1.54, 1.807) is 4.88 Å². The number of thiophene rings is 1. The minimum absolute atomic E-state index is 0.574. The van der Waals surface area contributed by atoms with Gasteiger partial charge >= 0.3 is 0 Å². The fourth-order valence-corrected chi connectivity index (χ4v) is 4.41. The van der Waals surface area contributed by atoms with Gasteiger partial charge in [-0.05, 0) is 56.2 Å². The molecule has 18 heavy (non-hydrogen) atoms. The zero-order valence-corrected chi connectivity index (χ0v) is 13.0. The molecule has 4 atom stereocenters. The van der Waals surface area contributed by atoms with Gasteiger partial charge < -0.3 is 5.32 Å². The van der Waals surface area contributed by atoms with Gasteiger partial charge in [0.1, 0.15) is 0 Å². The first-order chi connectivity index (χ1) is 8.65. The molecule has 1 N–H and O–H groups in total. The second kappa shape index (κ2) is 6.21. The molecule has 1 aromatic heterocycles. The van der Waals surface area contributed by atoms with Crippen molar-refractivity contribution in [3.8, 4) is 0 Å². The molecule has 1 saturated carbocycles. The minimum Gasteiger partial charge on any atom is -0.312 e. The summed E-state index contributed by atoms with van der Waals surface area (Å²) in [4.78, 5) is 3.06. The van der Waals surface area contributed by atoms with E-state index in [2.05, 4.69) is 45.3 Å². The smallest absolute Gasteiger partial charge is 0.0441 e. The lowest BCUT2D eigenvalue weighted by molar-refractivity contribution is 0.176. The highest BCUT2D eigenvalue weighted by atomic mass is 32.1. The van der Waals surface area contributed by atoms with Gasteiger partial charge in [0.15, 0.2) is 0 Å². The van der Waals surface area contributed by atoms with E-state index < -0.39 is 0 Å². The van der Waals surface area contributed by atoms with Crippen LogP contribution in [0.3, 0.4) is 0 Å². The lowest BCUT2D eigenvalue weighted by Gasteiger charge is -2.36. The Morgan fingerprint density at radius 1 is 1.28 bits per heavy atom. The number of hydrogen-bond donors (Lipinski definition) is 1. The van der Waals surface area contributed by atoms with Crippen molar-refractivity contribution in [3.63, 3.8) is 0 Å². The molecule has 2 rings (SSSR count).